The number of carboxylic acid groups (broad SMARTS) is 1. The first-order chi connectivity index (χ1) is 9.71. The van der Waals surface area contributed by atoms with Crippen LogP contribution in [0, 0.1) is 0 Å². The Morgan fingerprint density at radius 1 is 1.33 bits per heavy atom. The highest BCUT2D eigenvalue weighted by molar-refractivity contribution is 7.89. The molecule has 1 aliphatic rings. The van der Waals surface area contributed by atoms with E-state index in [4.69, 9.17) is 5.11 Å². The number of carboxylic acids is 1. The lowest BCUT2D eigenvalue weighted by Gasteiger charge is -2.19. The third kappa shape index (κ3) is 3.69. The van der Waals surface area contributed by atoms with Gasteiger partial charge in [0.15, 0.2) is 0 Å². The fourth-order valence-corrected chi connectivity index (χ4v) is 3.73. The van der Waals surface area contributed by atoms with Crippen LogP contribution < -0.4 is 0 Å². The Balaban J connectivity index is 2.20. The van der Waals surface area contributed by atoms with Gasteiger partial charge in [0.2, 0.25) is 10.0 Å². The molecule has 1 aliphatic heterocycles. The lowest BCUT2D eigenvalue weighted by molar-refractivity contribution is -0.131. The number of hydrogen-bond donors (Lipinski definition) is 2. The molecular formula is C14H17NO5S. The van der Waals surface area contributed by atoms with Crippen LogP contribution in [0.15, 0.2) is 35.2 Å². The van der Waals surface area contributed by atoms with Gasteiger partial charge in [0.25, 0.3) is 0 Å². The fraction of sp³-hybridized carbons (Fsp3) is 0.357. The van der Waals surface area contributed by atoms with Crippen molar-refractivity contribution in [3.63, 3.8) is 0 Å². The molecule has 1 heterocycles. The van der Waals surface area contributed by atoms with Gasteiger partial charge >= 0.3 is 5.97 Å². The second-order valence-electron chi connectivity index (χ2n) is 5.33. The average molecular weight is 311 g/mol. The number of benzene rings is 1. The van der Waals surface area contributed by atoms with E-state index < -0.39 is 21.6 Å². The standard InChI is InChI=1S/C14H17NO5S/c1-14(18)8-9-15(10-14)21(19,20)12-5-2-11(3-6-12)4-7-13(16)17/h2-7,18H,8-10H2,1H3,(H,16,17)/b7-4+. The van der Waals surface area contributed by atoms with Crippen LogP contribution in [0.1, 0.15) is 18.9 Å². The van der Waals surface area contributed by atoms with Crippen molar-refractivity contribution in [1.29, 1.82) is 0 Å². The molecule has 1 aromatic carbocycles. The van der Waals surface area contributed by atoms with E-state index in [9.17, 15) is 18.3 Å². The van der Waals surface area contributed by atoms with Crippen molar-refractivity contribution in [2.75, 3.05) is 13.1 Å². The largest absolute Gasteiger partial charge is 0.478 e. The maximum absolute atomic E-state index is 12.4. The van der Waals surface area contributed by atoms with Gasteiger partial charge in [0, 0.05) is 19.2 Å². The molecule has 0 saturated carbocycles. The number of aliphatic carboxylic acids is 1. The van der Waals surface area contributed by atoms with E-state index in [1.807, 2.05) is 0 Å². The summed E-state index contributed by atoms with van der Waals surface area (Å²) in [4.78, 5) is 10.6. The van der Waals surface area contributed by atoms with Crippen molar-refractivity contribution in [2.45, 2.75) is 23.8 Å². The number of aliphatic hydroxyl groups is 1. The van der Waals surface area contributed by atoms with Gasteiger partial charge in [-0.05, 0) is 37.1 Å². The predicted octanol–water partition coefficient (Wildman–Crippen LogP) is 0.930. The molecule has 21 heavy (non-hydrogen) atoms. The van der Waals surface area contributed by atoms with Gasteiger partial charge in [-0.3, -0.25) is 0 Å². The zero-order valence-electron chi connectivity index (χ0n) is 11.6. The Hall–Kier alpha value is -1.70. The van der Waals surface area contributed by atoms with Crippen LogP contribution in [-0.4, -0.2) is 47.6 Å². The second kappa shape index (κ2) is 5.59. The lowest BCUT2D eigenvalue weighted by atomic mass is 10.1. The van der Waals surface area contributed by atoms with E-state index in [2.05, 4.69) is 0 Å². The topological polar surface area (TPSA) is 94.9 Å². The minimum absolute atomic E-state index is 0.0794. The number of nitrogens with zero attached hydrogens (tertiary/aromatic N) is 1. The maximum Gasteiger partial charge on any atom is 0.328 e. The predicted molar refractivity (Wildman–Crippen MR) is 77.1 cm³/mol. The minimum Gasteiger partial charge on any atom is -0.478 e. The Labute approximate surface area is 123 Å². The fourth-order valence-electron chi connectivity index (χ4n) is 2.18. The van der Waals surface area contributed by atoms with Crippen LogP contribution in [0.25, 0.3) is 6.08 Å². The minimum atomic E-state index is -3.62. The monoisotopic (exact) mass is 311 g/mol. The molecule has 114 valence electrons. The van der Waals surface area contributed by atoms with Crippen LogP contribution >= 0.6 is 0 Å². The number of rotatable bonds is 4. The molecule has 0 spiro atoms. The van der Waals surface area contributed by atoms with Crippen LogP contribution in [0.2, 0.25) is 0 Å². The highest BCUT2D eigenvalue weighted by Gasteiger charge is 2.38. The first-order valence-electron chi connectivity index (χ1n) is 6.44. The molecule has 0 radical (unpaired) electrons. The van der Waals surface area contributed by atoms with E-state index in [-0.39, 0.29) is 18.0 Å². The Bertz CT molecular complexity index is 661. The van der Waals surface area contributed by atoms with Crippen molar-refractivity contribution in [3.8, 4) is 0 Å². The van der Waals surface area contributed by atoms with Gasteiger partial charge in [-0.15, -0.1) is 0 Å². The molecule has 7 heteroatoms. The number of sulfonamides is 1. The van der Waals surface area contributed by atoms with E-state index >= 15 is 0 Å². The molecule has 0 bridgehead atoms. The van der Waals surface area contributed by atoms with Crippen molar-refractivity contribution in [2.24, 2.45) is 0 Å². The van der Waals surface area contributed by atoms with Crippen LogP contribution in [0.3, 0.4) is 0 Å². The molecule has 2 N–H and O–H groups in total. The zero-order chi connectivity index (χ0) is 15.7. The average Bonchev–Trinajstić information content (AvgIpc) is 2.78. The molecule has 6 nitrogen and oxygen atoms in total. The summed E-state index contributed by atoms with van der Waals surface area (Å²) in [6, 6.07) is 5.95. The lowest BCUT2D eigenvalue weighted by Crippen LogP contribution is -2.33. The SMILES string of the molecule is CC1(O)CCN(S(=O)(=O)c2ccc(/C=C/C(=O)O)cc2)C1. The second-order valence-corrected chi connectivity index (χ2v) is 7.26. The van der Waals surface area contributed by atoms with Gasteiger partial charge in [0.05, 0.1) is 10.5 Å². The van der Waals surface area contributed by atoms with Crippen molar-refractivity contribution >= 4 is 22.1 Å². The molecule has 1 fully saturated rings. The number of β-amino-alcohol motifs (C(OH)–C–C–N with tert-alkyl or cyclic N) is 1. The first kappa shape index (κ1) is 15.7. The van der Waals surface area contributed by atoms with E-state index in [0.717, 1.165) is 6.08 Å². The molecule has 2 rings (SSSR count). The van der Waals surface area contributed by atoms with Crippen molar-refractivity contribution < 1.29 is 23.4 Å². The summed E-state index contributed by atoms with van der Waals surface area (Å²) >= 11 is 0. The normalized spacial score (nSPS) is 23.7. The number of carbonyl (C=O) groups is 1. The highest BCUT2D eigenvalue weighted by Crippen LogP contribution is 2.26. The zero-order valence-corrected chi connectivity index (χ0v) is 12.4. The molecule has 1 saturated heterocycles. The van der Waals surface area contributed by atoms with Crippen LogP contribution in [0.4, 0.5) is 0 Å². The van der Waals surface area contributed by atoms with Crippen molar-refractivity contribution in [1.82, 2.24) is 4.31 Å². The number of hydrogen-bond acceptors (Lipinski definition) is 4. The van der Waals surface area contributed by atoms with E-state index in [1.54, 1.807) is 19.1 Å². The summed E-state index contributed by atoms with van der Waals surface area (Å²) in [6.45, 7) is 1.98. The summed E-state index contributed by atoms with van der Waals surface area (Å²) in [6.07, 6.45) is 2.78. The summed E-state index contributed by atoms with van der Waals surface area (Å²) in [5.74, 6) is -1.06. The van der Waals surface area contributed by atoms with E-state index in [1.165, 1.54) is 22.5 Å². The Morgan fingerprint density at radius 3 is 2.43 bits per heavy atom. The first-order valence-corrected chi connectivity index (χ1v) is 7.88. The summed E-state index contributed by atoms with van der Waals surface area (Å²) in [5, 5.41) is 18.4. The van der Waals surface area contributed by atoms with Gasteiger partial charge < -0.3 is 10.2 Å². The van der Waals surface area contributed by atoms with E-state index in [0.29, 0.717) is 12.0 Å². The third-order valence-electron chi connectivity index (χ3n) is 3.35. The summed E-state index contributed by atoms with van der Waals surface area (Å²) < 4.78 is 26.1. The van der Waals surface area contributed by atoms with Gasteiger partial charge in [0.1, 0.15) is 0 Å². The smallest absolute Gasteiger partial charge is 0.328 e. The molecule has 1 unspecified atom stereocenters. The van der Waals surface area contributed by atoms with Gasteiger partial charge in [-0.25, -0.2) is 13.2 Å². The molecule has 1 aromatic rings. The molecule has 1 atom stereocenters. The Morgan fingerprint density at radius 2 is 1.95 bits per heavy atom. The van der Waals surface area contributed by atoms with Crippen LogP contribution in [-0.2, 0) is 14.8 Å². The summed E-state index contributed by atoms with van der Waals surface area (Å²) in [7, 11) is -3.62. The van der Waals surface area contributed by atoms with Gasteiger partial charge in [-0.2, -0.15) is 4.31 Å². The molecule has 0 aromatic heterocycles. The molecule has 0 aliphatic carbocycles. The Kier molecular flexibility index (Phi) is 4.18. The maximum atomic E-state index is 12.4. The quantitative estimate of drug-likeness (QED) is 0.807. The highest BCUT2D eigenvalue weighted by atomic mass is 32.2. The van der Waals surface area contributed by atoms with Crippen molar-refractivity contribution in [3.05, 3.63) is 35.9 Å². The molecular weight excluding hydrogens is 294 g/mol. The third-order valence-corrected chi connectivity index (χ3v) is 5.21. The van der Waals surface area contributed by atoms with Crippen LogP contribution in [0.5, 0.6) is 0 Å². The molecule has 0 amide bonds. The van der Waals surface area contributed by atoms with Gasteiger partial charge in [-0.1, -0.05) is 12.1 Å². The summed E-state index contributed by atoms with van der Waals surface area (Å²) in [5.41, 5.74) is -0.387.